The molecule has 2 rings (SSSR count). The Labute approximate surface area is 150 Å². The smallest absolute Gasteiger partial charge is 0.435 e. The van der Waals surface area contributed by atoms with Crippen molar-refractivity contribution in [3.05, 3.63) is 41.2 Å². The van der Waals surface area contributed by atoms with Gasteiger partial charge in [0.25, 0.3) is 0 Å². The summed E-state index contributed by atoms with van der Waals surface area (Å²) in [5.74, 6) is 1.31. The van der Waals surface area contributed by atoms with Crippen LogP contribution in [0, 0.1) is 0 Å². The maximum atomic E-state index is 12.6. The van der Waals surface area contributed by atoms with Gasteiger partial charge in [-0.25, -0.2) is 0 Å². The highest BCUT2D eigenvalue weighted by Crippen LogP contribution is 2.29. The van der Waals surface area contributed by atoms with Crippen molar-refractivity contribution in [2.75, 3.05) is 20.8 Å². The van der Waals surface area contributed by atoms with Crippen molar-refractivity contribution in [3.63, 3.8) is 0 Å². The van der Waals surface area contributed by atoms with Crippen molar-refractivity contribution >= 4 is 12.4 Å². The summed E-state index contributed by atoms with van der Waals surface area (Å²) in [5, 5.41) is 6.60. The predicted molar refractivity (Wildman–Crippen MR) is 90.4 cm³/mol. The number of ether oxygens (including phenoxy) is 2. The van der Waals surface area contributed by atoms with Crippen LogP contribution in [0.1, 0.15) is 17.0 Å². The number of aryl methyl sites for hydroxylation is 1. The second-order valence-electron chi connectivity index (χ2n) is 5.26. The molecule has 9 heteroatoms. The van der Waals surface area contributed by atoms with Gasteiger partial charge in [0.1, 0.15) is 0 Å². The zero-order valence-corrected chi connectivity index (χ0v) is 15.0. The van der Waals surface area contributed by atoms with Crippen molar-refractivity contribution in [1.29, 1.82) is 0 Å². The molecule has 0 saturated heterocycles. The lowest BCUT2D eigenvalue weighted by molar-refractivity contribution is -0.141. The fourth-order valence-electron chi connectivity index (χ4n) is 2.30. The van der Waals surface area contributed by atoms with Gasteiger partial charge in [0.15, 0.2) is 17.2 Å². The predicted octanol–water partition coefficient (Wildman–Crippen LogP) is 3.21. The van der Waals surface area contributed by atoms with Crippen molar-refractivity contribution in [2.24, 2.45) is 7.05 Å². The highest BCUT2D eigenvalue weighted by molar-refractivity contribution is 5.85. The second-order valence-corrected chi connectivity index (χ2v) is 5.26. The van der Waals surface area contributed by atoms with Gasteiger partial charge in [-0.3, -0.25) is 4.68 Å². The lowest BCUT2D eigenvalue weighted by Gasteiger charge is -2.10. The first-order chi connectivity index (χ1) is 11.3. The number of aromatic nitrogens is 2. The van der Waals surface area contributed by atoms with Gasteiger partial charge in [-0.1, -0.05) is 6.07 Å². The van der Waals surface area contributed by atoms with Crippen molar-refractivity contribution in [2.45, 2.75) is 19.1 Å². The molecule has 5 nitrogen and oxygen atoms in total. The minimum atomic E-state index is -4.42. The number of hydrogen-bond acceptors (Lipinski definition) is 4. The molecule has 1 N–H and O–H groups in total. The normalized spacial score (nSPS) is 11.1. The van der Waals surface area contributed by atoms with Crippen LogP contribution in [0.4, 0.5) is 13.2 Å². The number of methoxy groups -OCH3 is 2. The number of halogens is 4. The van der Waals surface area contributed by atoms with Crippen molar-refractivity contribution in [3.8, 4) is 11.5 Å². The quantitative estimate of drug-likeness (QED) is 0.750. The van der Waals surface area contributed by atoms with Gasteiger partial charge < -0.3 is 14.8 Å². The Bertz CT molecular complexity index is 690. The van der Waals surface area contributed by atoms with Gasteiger partial charge in [-0.2, -0.15) is 18.3 Å². The maximum absolute atomic E-state index is 12.6. The van der Waals surface area contributed by atoms with Crippen LogP contribution in [0.3, 0.4) is 0 Å². The molecule has 0 radical (unpaired) electrons. The average Bonchev–Trinajstić information content (AvgIpc) is 2.92. The van der Waals surface area contributed by atoms with Gasteiger partial charge in [0.05, 0.1) is 19.9 Å². The minimum absolute atomic E-state index is 0. The topological polar surface area (TPSA) is 48.3 Å². The van der Waals surface area contributed by atoms with Crippen LogP contribution in [-0.4, -0.2) is 30.5 Å². The van der Waals surface area contributed by atoms with E-state index in [0.29, 0.717) is 36.7 Å². The molecule has 1 aromatic carbocycles. The lowest BCUT2D eigenvalue weighted by atomic mass is 10.1. The zero-order valence-electron chi connectivity index (χ0n) is 14.2. The zero-order chi connectivity index (χ0) is 17.7. The van der Waals surface area contributed by atoms with Crippen LogP contribution >= 0.6 is 12.4 Å². The molecule has 0 saturated carbocycles. The third-order valence-corrected chi connectivity index (χ3v) is 3.61. The van der Waals surface area contributed by atoms with Crippen LogP contribution in [0.15, 0.2) is 24.3 Å². The second kappa shape index (κ2) is 8.96. The van der Waals surface area contributed by atoms with E-state index in [0.717, 1.165) is 11.6 Å². The van der Waals surface area contributed by atoms with Crippen LogP contribution in [-0.2, 0) is 26.2 Å². The molecule has 0 spiro atoms. The molecule has 2 aromatic rings. The number of hydrogen-bond donors (Lipinski definition) is 1. The van der Waals surface area contributed by atoms with Gasteiger partial charge >= 0.3 is 6.18 Å². The number of rotatable bonds is 7. The van der Waals surface area contributed by atoms with Gasteiger partial charge in [0.2, 0.25) is 0 Å². The minimum Gasteiger partial charge on any atom is -0.493 e. The van der Waals surface area contributed by atoms with Gasteiger partial charge in [0, 0.05) is 13.6 Å². The van der Waals surface area contributed by atoms with Crippen LogP contribution in [0.2, 0.25) is 0 Å². The Hall–Kier alpha value is -1.93. The van der Waals surface area contributed by atoms with E-state index in [1.807, 2.05) is 18.2 Å². The number of nitrogens with one attached hydrogen (secondary N) is 1. The Morgan fingerprint density at radius 2 is 1.80 bits per heavy atom. The fourth-order valence-corrected chi connectivity index (χ4v) is 2.30. The van der Waals surface area contributed by atoms with Crippen LogP contribution in [0.25, 0.3) is 0 Å². The summed E-state index contributed by atoms with van der Waals surface area (Å²) in [5.41, 5.74) is 0.650. The van der Waals surface area contributed by atoms with Crippen LogP contribution < -0.4 is 14.8 Å². The molecule has 0 amide bonds. The molecule has 1 aromatic heterocycles. The molecule has 0 aliphatic rings. The molecule has 0 unspecified atom stereocenters. The Balaban J connectivity index is 0.00000312. The monoisotopic (exact) mass is 379 g/mol. The molecular weight excluding hydrogens is 359 g/mol. The van der Waals surface area contributed by atoms with E-state index in [1.165, 1.54) is 11.7 Å². The number of benzene rings is 1. The SMILES string of the molecule is COc1ccc(CCNCc2cc(C(F)(F)F)nn2C)cc1OC.Cl. The Morgan fingerprint density at radius 3 is 2.36 bits per heavy atom. The number of alkyl halides is 3. The molecule has 0 fully saturated rings. The standard InChI is InChI=1S/C16H20F3N3O2.ClH/c1-22-12(9-15(21-22)16(17,18)19)10-20-7-6-11-4-5-13(23-2)14(8-11)24-3;/h4-5,8-9,20H,6-7,10H2,1-3H3;1H. The van der Waals surface area contributed by atoms with Crippen molar-refractivity contribution < 1.29 is 22.6 Å². The molecule has 0 atom stereocenters. The summed E-state index contributed by atoms with van der Waals surface area (Å²) < 4.78 is 49.5. The van der Waals surface area contributed by atoms with Gasteiger partial charge in [-0.05, 0) is 36.7 Å². The highest BCUT2D eigenvalue weighted by Gasteiger charge is 2.34. The molecule has 0 aliphatic carbocycles. The van der Waals surface area contributed by atoms with E-state index in [4.69, 9.17) is 9.47 Å². The van der Waals surface area contributed by atoms with E-state index < -0.39 is 11.9 Å². The van der Waals surface area contributed by atoms with E-state index in [2.05, 4.69) is 10.4 Å². The molecule has 140 valence electrons. The molecule has 0 bridgehead atoms. The van der Waals surface area contributed by atoms with E-state index in [1.54, 1.807) is 14.2 Å². The largest absolute Gasteiger partial charge is 0.493 e. The fraction of sp³-hybridized carbons (Fsp3) is 0.438. The third kappa shape index (κ3) is 5.54. The Morgan fingerprint density at radius 1 is 1.12 bits per heavy atom. The lowest BCUT2D eigenvalue weighted by Crippen LogP contribution is -2.18. The number of nitrogens with zero attached hydrogens (tertiary/aromatic N) is 2. The van der Waals surface area contributed by atoms with E-state index in [9.17, 15) is 13.2 Å². The van der Waals surface area contributed by atoms with E-state index >= 15 is 0 Å². The van der Waals surface area contributed by atoms with Crippen molar-refractivity contribution in [1.82, 2.24) is 15.1 Å². The van der Waals surface area contributed by atoms with E-state index in [-0.39, 0.29) is 12.4 Å². The third-order valence-electron chi connectivity index (χ3n) is 3.61. The summed E-state index contributed by atoms with van der Waals surface area (Å²) in [6.45, 7) is 0.925. The summed E-state index contributed by atoms with van der Waals surface area (Å²) in [7, 11) is 4.64. The highest BCUT2D eigenvalue weighted by atomic mass is 35.5. The molecule has 25 heavy (non-hydrogen) atoms. The summed E-state index contributed by atoms with van der Waals surface area (Å²) in [4.78, 5) is 0. The molecular formula is C16H21ClF3N3O2. The van der Waals surface area contributed by atoms with Gasteiger partial charge in [-0.15, -0.1) is 12.4 Å². The first-order valence-electron chi connectivity index (χ1n) is 7.37. The summed E-state index contributed by atoms with van der Waals surface area (Å²) in [6, 6.07) is 6.69. The summed E-state index contributed by atoms with van der Waals surface area (Å²) >= 11 is 0. The maximum Gasteiger partial charge on any atom is 0.435 e. The summed E-state index contributed by atoms with van der Waals surface area (Å²) in [6.07, 6.45) is -3.71. The molecule has 0 aliphatic heterocycles. The molecule has 1 heterocycles. The van der Waals surface area contributed by atoms with Crippen LogP contribution in [0.5, 0.6) is 11.5 Å². The first-order valence-corrected chi connectivity index (χ1v) is 7.37. The first kappa shape index (κ1) is 21.1. The Kier molecular flexibility index (Phi) is 7.57. The average molecular weight is 380 g/mol.